The van der Waals surface area contributed by atoms with Gasteiger partial charge in [-0.25, -0.2) is 4.99 Å². The number of anilines is 1. The Balaban J connectivity index is 0.00000392. The highest BCUT2D eigenvalue weighted by molar-refractivity contribution is 14.0. The number of rotatable bonds is 8. The molecule has 0 fully saturated rings. The number of nitro benzene ring substituents is 1. The topological polar surface area (TPSA) is 98.0 Å². The summed E-state index contributed by atoms with van der Waals surface area (Å²) in [7, 11) is 1.60. The molecule has 2 aromatic carbocycles. The molecule has 0 aromatic heterocycles. The van der Waals surface area contributed by atoms with Crippen molar-refractivity contribution < 1.29 is 14.4 Å². The molecule has 8 nitrogen and oxygen atoms in total. The van der Waals surface area contributed by atoms with Crippen LogP contribution in [0.4, 0.5) is 11.4 Å². The van der Waals surface area contributed by atoms with Gasteiger partial charge in [-0.15, -0.1) is 24.0 Å². The monoisotopic (exact) mass is 500 g/mol. The molecule has 0 aliphatic heterocycles. The standard InChI is InChI=1S/C19H24N4O4.HI/c1-4-20-19(21-13-14-6-9-16(10-7-14)23(24)25)22-15-8-11-17(26-3)18(12-15)27-5-2;/h6-12H,4-5,13H2,1-3H3,(H2,20,21,22);1H. The number of nitro groups is 1. The van der Waals surface area contributed by atoms with Crippen LogP contribution in [0.5, 0.6) is 11.5 Å². The lowest BCUT2D eigenvalue weighted by atomic mass is 10.2. The zero-order chi connectivity index (χ0) is 19.6. The fraction of sp³-hybridized carbons (Fsp3) is 0.316. The van der Waals surface area contributed by atoms with Gasteiger partial charge < -0.3 is 20.1 Å². The van der Waals surface area contributed by atoms with Crippen molar-refractivity contribution in [3.05, 3.63) is 58.1 Å². The number of benzene rings is 2. The van der Waals surface area contributed by atoms with Gasteiger partial charge in [-0.1, -0.05) is 12.1 Å². The third kappa shape index (κ3) is 6.87. The zero-order valence-corrected chi connectivity index (χ0v) is 18.4. The lowest BCUT2D eigenvalue weighted by molar-refractivity contribution is -0.384. The maximum atomic E-state index is 10.7. The molecule has 0 bridgehead atoms. The predicted octanol–water partition coefficient (Wildman–Crippen LogP) is 4.20. The molecule has 28 heavy (non-hydrogen) atoms. The second kappa shape index (κ2) is 12.0. The number of non-ortho nitro benzene ring substituents is 1. The largest absolute Gasteiger partial charge is 0.493 e. The zero-order valence-electron chi connectivity index (χ0n) is 16.1. The molecule has 0 aliphatic rings. The van der Waals surface area contributed by atoms with E-state index in [0.29, 0.717) is 37.2 Å². The summed E-state index contributed by atoms with van der Waals surface area (Å²) in [6.07, 6.45) is 0. The van der Waals surface area contributed by atoms with Gasteiger partial charge in [0.2, 0.25) is 0 Å². The fourth-order valence-electron chi connectivity index (χ4n) is 2.36. The summed E-state index contributed by atoms with van der Waals surface area (Å²) in [6.45, 7) is 5.51. The van der Waals surface area contributed by atoms with Crippen molar-refractivity contribution in [1.29, 1.82) is 0 Å². The van der Waals surface area contributed by atoms with Crippen LogP contribution in [0, 0.1) is 10.1 Å². The predicted molar refractivity (Wildman–Crippen MR) is 121 cm³/mol. The average molecular weight is 500 g/mol. The molecule has 0 heterocycles. The molecular weight excluding hydrogens is 475 g/mol. The van der Waals surface area contributed by atoms with Crippen molar-refractivity contribution in [2.24, 2.45) is 4.99 Å². The Kier molecular flexibility index (Phi) is 10.1. The minimum atomic E-state index is -0.418. The Morgan fingerprint density at radius 2 is 1.86 bits per heavy atom. The number of aliphatic imine (C=N–C) groups is 1. The van der Waals surface area contributed by atoms with E-state index in [-0.39, 0.29) is 29.7 Å². The summed E-state index contributed by atoms with van der Waals surface area (Å²) >= 11 is 0. The van der Waals surface area contributed by atoms with Gasteiger partial charge in [0, 0.05) is 30.4 Å². The van der Waals surface area contributed by atoms with Gasteiger partial charge in [0.15, 0.2) is 17.5 Å². The van der Waals surface area contributed by atoms with Gasteiger partial charge in [0.1, 0.15) is 0 Å². The van der Waals surface area contributed by atoms with Gasteiger partial charge in [-0.2, -0.15) is 0 Å². The second-order valence-corrected chi connectivity index (χ2v) is 5.54. The maximum Gasteiger partial charge on any atom is 0.269 e. The number of methoxy groups -OCH3 is 1. The van der Waals surface area contributed by atoms with Crippen molar-refractivity contribution in [3.8, 4) is 11.5 Å². The summed E-state index contributed by atoms with van der Waals surface area (Å²) in [6, 6.07) is 11.9. The first kappa shape index (κ1) is 23.5. The number of hydrogen-bond donors (Lipinski definition) is 2. The highest BCUT2D eigenvalue weighted by Crippen LogP contribution is 2.30. The quantitative estimate of drug-likeness (QED) is 0.186. The van der Waals surface area contributed by atoms with E-state index in [9.17, 15) is 10.1 Å². The molecule has 0 radical (unpaired) electrons. The van der Waals surface area contributed by atoms with Crippen molar-refractivity contribution in [2.45, 2.75) is 20.4 Å². The molecule has 152 valence electrons. The van der Waals surface area contributed by atoms with Gasteiger partial charge >= 0.3 is 0 Å². The molecule has 0 spiro atoms. The van der Waals surface area contributed by atoms with Crippen molar-refractivity contribution in [1.82, 2.24) is 5.32 Å². The first-order valence-electron chi connectivity index (χ1n) is 8.66. The van der Waals surface area contributed by atoms with E-state index in [1.165, 1.54) is 12.1 Å². The van der Waals surface area contributed by atoms with E-state index in [1.54, 1.807) is 19.2 Å². The summed E-state index contributed by atoms with van der Waals surface area (Å²) < 4.78 is 10.9. The molecule has 2 rings (SSSR count). The normalized spacial score (nSPS) is 10.6. The molecule has 0 saturated heterocycles. The van der Waals surface area contributed by atoms with Gasteiger partial charge in [0.05, 0.1) is 25.2 Å². The van der Waals surface area contributed by atoms with Crippen molar-refractivity contribution >= 4 is 41.3 Å². The number of ether oxygens (including phenoxy) is 2. The highest BCUT2D eigenvalue weighted by atomic mass is 127. The Labute approximate surface area is 181 Å². The SMILES string of the molecule is CCNC(=NCc1ccc([N+](=O)[O-])cc1)Nc1ccc(OC)c(OCC)c1.I. The molecule has 0 amide bonds. The minimum Gasteiger partial charge on any atom is -0.493 e. The number of hydrogen-bond acceptors (Lipinski definition) is 5. The maximum absolute atomic E-state index is 10.7. The third-order valence-corrected chi connectivity index (χ3v) is 3.64. The second-order valence-electron chi connectivity index (χ2n) is 5.54. The summed E-state index contributed by atoms with van der Waals surface area (Å²) in [5.74, 6) is 1.91. The smallest absolute Gasteiger partial charge is 0.269 e. The fourth-order valence-corrected chi connectivity index (χ4v) is 2.36. The Morgan fingerprint density at radius 1 is 1.14 bits per heavy atom. The number of nitrogens with zero attached hydrogens (tertiary/aromatic N) is 2. The molecule has 2 aromatic rings. The van der Waals surface area contributed by atoms with Crippen LogP contribution in [-0.4, -0.2) is 31.1 Å². The summed E-state index contributed by atoms with van der Waals surface area (Å²) in [5, 5.41) is 17.1. The van der Waals surface area contributed by atoms with E-state index in [4.69, 9.17) is 9.47 Å². The lowest BCUT2D eigenvalue weighted by Crippen LogP contribution is -2.30. The lowest BCUT2D eigenvalue weighted by Gasteiger charge is -2.14. The van der Waals surface area contributed by atoms with Crippen molar-refractivity contribution in [2.75, 3.05) is 25.6 Å². The van der Waals surface area contributed by atoms with Crippen LogP contribution in [0.25, 0.3) is 0 Å². The van der Waals surface area contributed by atoms with E-state index in [2.05, 4.69) is 15.6 Å². The molecule has 0 saturated carbocycles. The number of nitrogens with one attached hydrogen (secondary N) is 2. The van der Waals surface area contributed by atoms with Gasteiger partial charge in [-0.3, -0.25) is 10.1 Å². The Bertz CT molecular complexity index is 797. The molecule has 0 unspecified atom stereocenters. The molecular formula is C19H25IN4O4. The Morgan fingerprint density at radius 3 is 2.43 bits per heavy atom. The number of halogens is 1. The average Bonchev–Trinajstić information content (AvgIpc) is 2.67. The minimum absolute atomic E-state index is 0. The number of guanidine groups is 1. The van der Waals surface area contributed by atoms with Crippen LogP contribution < -0.4 is 20.1 Å². The van der Waals surface area contributed by atoms with E-state index >= 15 is 0 Å². The summed E-state index contributed by atoms with van der Waals surface area (Å²) in [5.41, 5.74) is 1.75. The van der Waals surface area contributed by atoms with Crippen LogP contribution in [0.2, 0.25) is 0 Å². The van der Waals surface area contributed by atoms with Gasteiger partial charge in [-0.05, 0) is 31.5 Å². The molecule has 0 aliphatic carbocycles. The first-order valence-corrected chi connectivity index (χ1v) is 8.66. The molecule has 9 heteroatoms. The molecule has 2 N–H and O–H groups in total. The highest BCUT2D eigenvalue weighted by Gasteiger charge is 2.07. The van der Waals surface area contributed by atoms with Crippen LogP contribution in [0.3, 0.4) is 0 Å². The van der Waals surface area contributed by atoms with E-state index < -0.39 is 4.92 Å². The molecule has 0 atom stereocenters. The van der Waals surface area contributed by atoms with Crippen LogP contribution in [0.1, 0.15) is 19.4 Å². The van der Waals surface area contributed by atoms with E-state index in [1.807, 2.05) is 32.0 Å². The van der Waals surface area contributed by atoms with Crippen LogP contribution >= 0.6 is 24.0 Å². The van der Waals surface area contributed by atoms with Crippen LogP contribution in [0.15, 0.2) is 47.5 Å². The van der Waals surface area contributed by atoms with Gasteiger partial charge in [0.25, 0.3) is 5.69 Å². The van der Waals surface area contributed by atoms with E-state index in [0.717, 1.165) is 11.3 Å². The summed E-state index contributed by atoms with van der Waals surface area (Å²) in [4.78, 5) is 14.8. The first-order chi connectivity index (χ1) is 13.1. The van der Waals surface area contributed by atoms with Crippen LogP contribution in [-0.2, 0) is 6.54 Å². The Hall–Kier alpha value is -2.56. The third-order valence-electron chi connectivity index (χ3n) is 3.64. The van der Waals surface area contributed by atoms with Crippen molar-refractivity contribution in [3.63, 3.8) is 0 Å².